The van der Waals surface area contributed by atoms with Gasteiger partial charge in [-0.3, -0.25) is 4.57 Å². The minimum Gasteiger partial charge on any atom is -0.324 e. The van der Waals surface area contributed by atoms with Crippen LogP contribution in [0.2, 0.25) is 0 Å². The Morgan fingerprint density at radius 3 is 1.50 bits per heavy atom. The number of rotatable bonds is 2. The second-order valence-electron chi connectivity index (χ2n) is 3.26. The fraction of sp³-hybridized carbons (Fsp3) is 1.00. The van der Waals surface area contributed by atoms with Gasteiger partial charge in [-0.1, -0.05) is 0 Å². The van der Waals surface area contributed by atoms with Crippen LogP contribution in [0.1, 0.15) is 20.8 Å². The van der Waals surface area contributed by atoms with E-state index in [0.29, 0.717) is 0 Å². The molecule has 0 amide bonds. The van der Waals surface area contributed by atoms with E-state index in [9.17, 15) is 9.13 Å². The van der Waals surface area contributed by atoms with E-state index in [0.717, 1.165) is 0 Å². The highest BCUT2D eigenvalue weighted by molar-refractivity contribution is 7.64. The van der Waals surface area contributed by atoms with Crippen LogP contribution >= 0.6 is 15.4 Å². The first-order chi connectivity index (χ1) is 4.96. The lowest BCUT2D eigenvalue weighted by Gasteiger charge is -2.24. The average Bonchev–Trinajstić information content (AvgIpc) is 1.52. The van der Waals surface area contributed by atoms with Gasteiger partial charge in [-0.15, -0.1) is 0 Å². The molecule has 0 aromatic carbocycles. The summed E-state index contributed by atoms with van der Waals surface area (Å²) in [4.78, 5) is 25.6. The zero-order chi connectivity index (χ0) is 10.2. The Hall–Kier alpha value is 0.300. The van der Waals surface area contributed by atoms with E-state index in [2.05, 4.69) is 4.31 Å². The zero-order valence-corrected chi connectivity index (χ0v) is 8.75. The minimum atomic E-state index is -4.90. The predicted molar refractivity (Wildman–Crippen MR) is 42.7 cm³/mol. The van der Waals surface area contributed by atoms with Crippen LogP contribution in [0.4, 0.5) is 0 Å². The molecule has 0 heterocycles. The molecule has 3 N–H and O–H groups in total. The van der Waals surface area contributed by atoms with Crippen molar-refractivity contribution in [1.29, 1.82) is 0 Å². The molecule has 1 atom stereocenters. The zero-order valence-electron chi connectivity index (χ0n) is 6.96. The second kappa shape index (κ2) is 3.22. The highest BCUT2D eigenvalue weighted by atomic mass is 31.3. The van der Waals surface area contributed by atoms with Gasteiger partial charge in [0.25, 0.3) is 0 Å². The van der Waals surface area contributed by atoms with Crippen molar-refractivity contribution in [3.05, 3.63) is 0 Å². The van der Waals surface area contributed by atoms with Crippen molar-refractivity contribution < 1.29 is 28.1 Å². The maximum atomic E-state index is 11.1. The summed E-state index contributed by atoms with van der Waals surface area (Å²) >= 11 is 0. The third kappa shape index (κ3) is 3.81. The van der Waals surface area contributed by atoms with E-state index in [1.165, 1.54) is 20.8 Å². The molecule has 0 bridgehead atoms. The number of hydrogen-bond donors (Lipinski definition) is 3. The molecular weight excluding hydrogens is 206 g/mol. The number of phosphoric acid groups is 1. The van der Waals surface area contributed by atoms with Gasteiger partial charge in [0.1, 0.15) is 0 Å². The first-order valence-corrected chi connectivity index (χ1v) is 6.16. The van der Waals surface area contributed by atoms with Crippen LogP contribution in [0.15, 0.2) is 0 Å². The molecule has 8 heteroatoms. The summed E-state index contributed by atoms with van der Waals surface area (Å²) in [5, 5.41) is -1.20. The Kier molecular flexibility index (Phi) is 3.30. The Labute approximate surface area is 70.3 Å². The van der Waals surface area contributed by atoms with Gasteiger partial charge in [0, 0.05) is 0 Å². The maximum Gasteiger partial charge on any atom is 0.476 e. The lowest BCUT2D eigenvalue weighted by atomic mass is 10.3. The lowest BCUT2D eigenvalue weighted by molar-refractivity contribution is 0.254. The van der Waals surface area contributed by atoms with Crippen molar-refractivity contribution in [2.24, 2.45) is 0 Å². The minimum absolute atomic E-state index is 1.20. The molecule has 0 aromatic rings. The van der Waals surface area contributed by atoms with Crippen LogP contribution in [0.5, 0.6) is 0 Å². The van der Waals surface area contributed by atoms with Crippen LogP contribution in [-0.4, -0.2) is 19.8 Å². The summed E-state index contributed by atoms with van der Waals surface area (Å²) in [6, 6.07) is 0. The fourth-order valence-electron chi connectivity index (χ4n) is 0.267. The molecule has 74 valence electrons. The van der Waals surface area contributed by atoms with Crippen LogP contribution in [0, 0.1) is 0 Å². The third-order valence-electron chi connectivity index (χ3n) is 1.06. The van der Waals surface area contributed by atoms with E-state index in [-0.39, 0.29) is 0 Å². The predicted octanol–water partition coefficient (Wildman–Crippen LogP) is 1.08. The normalized spacial score (nSPS) is 18.8. The lowest BCUT2D eigenvalue weighted by Crippen LogP contribution is -2.15. The SMILES string of the molecule is CC(C)(C)P(=O)(O)OP(=O)(O)O. The van der Waals surface area contributed by atoms with Gasteiger partial charge in [0.15, 0.2) is 0 Å². The second-order valence-corrected chi connectivity index (χ2v) is 7.28. The molecule has 0 saturated carbocycles. The van der Waals surface area contributed by atoms with Crippen LogP contribution in [-0.2, 0) is 13.4 Å². The molecule has 0 aromatic heterocycles. The van der Waals surface area contributed by atoms with Crippen LogP contribution < -0.4 is 0 Å². The molecule has 1 unspecified atom stereocenters. The van der Waals surface area contributed by atoms with E-state index < -0.39 is 20.6 Å². The molecule has 0 radical (unpaired) electrons. The first-order valence-electron chi connectivity index (χ1n) is 3.05. The quantitative estimate of drug-likeness (QED) is 0.599. The summed E-state index contributed by atoms with van der Waals surface area (Å²) in [5.41, 5.74) is 0. The van der Waals surface area contributed by atoms with Crippen molar-refractivity contribution >= 4 is 15.4 Å². The molecule has 0 spiro atoms. The molecule has 12 heavy (non-hydrogen) atoms. The van der Waals surface area contributed by atoms with Gasteiger partial charge in [-0.05, 0) is 20.8 Å². The Balaban J connectivity index is 4.69. The van der Waals surface area contributed by atoms with Crippen molar-refractivity contribution in [3.8, 4) is 0 Å². The largest absolute Gasteiger partial charge is 0.476 e. The first kappa shape index (κ1) is 12.3. The maximum absolute atomic E-state index is 11.1. The van der Waals surface area contributed by atoms with Gasteiger partial charge in [0.2, 0.25) is 0 Å². The smallest absolute Gasteiger partial charge is 0.324 e. The van der Waals surface area contributed by atoms with Crippen molar-refractivity contribution in [3.63, 3.8) is 0 Å². The molecule has 0 fully saturated rings. The summed E-state index contributed by atoms with van der Waals surface area (Å²) < 4.78 is 25.1. The molecule has 0 aliphatic rings. The standard InChI is InChI=1S/C4H12O6P2/c1-4(2,3)11(5,6)10-12(7,8)9/h1-3H3,(H,5,6)(H2,7,8,9). The molecule has 0 saturated heterocycles. The van der Waals surface area contributed by atoms with Gasteiger partial charge >= 0.3 is 15.4 Å². The van der Waals surface area contributed by atoms with Gasteiger partial charge in [-0.2, -0.15) is 0 Å². The van der Waals surface area contributed by atoms with E-state index in [4.69, 9.17) is 14.7 Å². The van der Waals surface area contributed by atoms with Gasteiger partial charge in [0.05, 0.1) is 5.16 Å². The van der Waals surface area contributed by atoms with E-state index in [1.54, 1.807) is 0 Å². The van der Waals surface area contributed by atoms with E-state index >= 15 is 0 Å². The van der Waals surface area contributed by atoms with E-state index in [1.807, 2.05) is 0 Å². The molecule has 6 nitrogen and oxygen atoms in total. The summed E-state index contributed by atoms with van der Waals surface area (Å²) in [7, 11) is -9.16. The Morgan fingerprint density at radius 1 is 1.08 bits per heavy atom. The Bertz CT molecular complexity index is 247. The van der Waals surface area contributed by atoms with Crippen molar-refractivity contribution in [2.75, 3.05) is 0 Å². The number of hydrogen-bond acceptors (Lipinski definition) is 3. The summed E-state index contributed by atoms with van der Waals surface area (Å²) in [5.74, 6) is 0. The molecule has 0 rings (SSSR count). The Morgan fingerprint density at radius 2 is 1.42 bits per heavy atom. The topological polar surface area (TPSA) is 104 Å². The monoisotopic (exact) mass is 218 g/mol. The van der Waals surface area contributed by atoms with Gasteiger partial charge in [-0.25, -0.2) is 8.88 Å². The average molecular weight is 218 g/mol. The molecule has 0 aliphatic carbocycles. The summed E-state index contributed by atoms with van der Waals surface area (Å²) in [6.45, 7) is 4.05. The highest BCUT2D eigenvalue weighted by Gasteiger charge is 2.41. The third-order valence-corrected chi connectivity index (χ3v) is 4.50. The van der Waals surface area contributed by atoms with Crippen molar-refractivity contribution in [1.82, 2.24) is 0 Å². The van der Waals surface area contributed by atoms with Crippen molar-refractivity contribution in [2.45, 2.75) is 25.9 Å². The summed E-state index contributed by atoms with van der Waals surface area (Å²) in [6.07, 6.45) is 0. The highest BCUT2D eigenvalue weighted by Crippen LogP contribution is 2.64. The van der Waals surface area contributed by atoms with Crippen LogP contribution in [0.3, 0.4) is 0 Å². The van der Waals surface area contributed by atoms with Gasteiger partial charge < -0.3 is 14.7 Å². The van der Waals surface area contributed by atoms with Crippen LogP contribution in [0.25, 0.3) is 0 Å². The molecular formula is C4H12O6P2. The molecule has 0 aliphatic heterocycles. The fourth-order valence-corrected chi connectivity index (χ4v) is 2.40.